The molecule has 0 saturated heterocycles. The zero-order valence-electron chi connectivity index (χ0n) is 16.1. The third-order valence-electron chi connectivity index (χ3n) is 4.34. The number of ether oxygens (including phenoxy) is 1. The third kappa shape index (κ3) is 4.30. The average Bonchev–Trinajstić information content (AvgIpc) is 3.39. The predicted molar refractivity (Wildman–Crippen MR) is 113 cm³/mol. The fraction of sp³-hybridized carbons (Fsp3) is 0.200. The zero-order valence-corrected chi connectivity index (χ0v) is 17.0. The first-order chi connectivity index (χ1) is 14.6. The summed E-state index contributed by atoms with van der Waals surface area (Å²) < 4.78 is 8.69. The van der Waals surface area contributed by atoms with E-state index in [2.05, 4.69) is 20.3 Å². The van der Waals surface area contributed by atoms with Gasteiger partial charge >= 0.3 is 0 Å². The first-order valence-corrected chi connectivity index (χ1v) is 10.0. The van der Waals surface area contributed by atoms with Gasteiger partial charge in [0, 0.05) is 44.0 Å². The van der Waals surface area contributed by atoms with E-state index in [-0.39, 0.29) is 24.2 Å². The maximum atomic E-state index is 11.7. The van der Waals surface area contributed by atoms with Crippen LogP contribution in [-0.4, -0.2) is 50.2 Å². The molecule has 154 valence electrons. The highest BCUT2D eigenvalue weighted by Crippen LogP contribution is 2.30. The van der Waals surface area contributed by atoms with Crippen molar-refractivity contribution < 1.29 is 14.6 Å². The van der Waals surface area contributed by atoms with E-state index in [4.69, 9.17) is 15.6 Å². The largest absolute Gasteiger partial charge is 0.457 e. The summed E-state index contributed by atoms with van der Waals surface area (Å²) in [6.07, 6.45) is 5.58. The van der Waals surface area contributed by atoms with E-state index < -0.39 is 0 Å². The molecule has 1 atom stereocenters. The van der Waals surface area contributed by atoms with Crippen LogP contribution in [0, 0.1) is 0 Å². The number of hydrogen-bond donors (Lipinski definition) is 3. The number of aliphatic hydroxyl groups is 1. The van der Waals surface area contributed by atoms with Crippen molar-refractivity contribution in [2.75, 3.05) is 13.7 Å². The van der Waals surface area contributed by atoms with Gasteiger partial charge in [-0.2, -0.15) is 0 Å². The van der Waals surface area contributed by atoms with Crippen LogP contribution < -0.4 is 15.8 Å². The summed E-state index contributed by atoms with van der Waals surface area (Å²) in [5.74, 6) is 0.877. The monoisotopic (exact) mass is 424 g/mol. The molecule has 30 heavy (non-hydrogen) atoms. The van der Waals surface area contributed by atoms with Gasteiger partial charge in [0.15, 0.2) is 5.13 Å². The summed E-state index contributed by atoms with van der Waals surface area (Å²) in [5.41, 5.74) is 7.69. The number of hydrogen-bond acceptors (Lipinski definition) is 8. The second-order valence-corrected chi connectivity index (χ2v) is 7.61. The van der Waals surface area contributed by atoms with E-state index in [0.717, 1.165) is 21.0 Å². The maximum Gasteiger partial charge on any atom is 0.269 e. The molecule has 3 heterocycles. The molecular weight excluding hydrogens is 404 g/mol. The second-order valence-electron chi connectivity index (χ2n) is 6.60. The SMILES string of the molecule is CNC(=O)c1cc(Oc2ccc3nc(-n4cnc(C[C@H](N)CO)c4)sc3c2)ccn1. The van der Waals surface area contributed by atoms with Crippen LogP contribution in [0.25, 0.3) is 15.3 Å². The number of amides is 1. The number of benzene rings is 1. The van der Waals surface area contributed by atoms with Crippen LogP contribution in [0.5, 0.6) is 11.5 Å². The predicted octanol–water partition coefficient (Wildman–Crippen LogP) is 1.89. The van der Waals surface area contributed by atoms with Crippen molar-refractivity contribution in [3.8, 4) is 16.6 Å². The first kappa shape index (κ1) is 20.0. The molecule has 0 bridgehead atoms. The van der Waals surface area contributed by atoms with Gasteiger partial charge in [0.25, 0.3) is 5.91 Å². The van der Waals surface area contributed by atoms with Gasteiger partial charge < -0.3 is 20.9 Å². The zero-order chi connectivity index (χ0) is 21.1. The van der Waals surface area contributed by atoms with Crippen molar-refractivity contribution in [2.24, 2.45) is 5.73 Å². The number of nitrogens with zero attached hydrogens (tertiary/aromatic N) is 4. The van der Waals surface area contributed by atoms with Gasteiger partial charge in [-0.1, -0.05) is 11.3 Å². The van der Waals surface area contributed by atoms with Crippen LogP contribution in [0.1, 0.15) is 16.2 Å². The first-order valence-electron chi connectivity index (χ1n) is 9.22. The molecular formula is C20H20N6O3S. The second kappa shape index (κ2) is 8.57. The molecule has 0 aliphatic carbocycles. The normalized spacial score (nSPS) is 12.1. The number of nitrogens with one attached hydrogen (secondary N) is 1. The van der Waals surface area contributed by atoms with Crippen LogP contribution in [0.4, 0.5) is 0 Å². The Labute approximate surface area is 176 Å². The number of fused-ring (bicyclic) bond motifs is 1. The molecule has 10 heteroatoms. The Balaban J connectivity index is 1.55. The van der Waals surface area contributed by atoms with Crippen molar-refractivity contribution in [1.82, 2.24) is 24.8 Å². The lowest BCUT2D eigenvalue weighted by molar-refractivity contribution is 0.0958. The summed E-state index contributed by atoms with van der Waals surface area (Å²) >= 11 is 1.50. The molecule has 0 fully saturated rings. The Kier molecular flexibility index (Phi) is 5.70. The van der Waals surface area contributed by atoms with Gasteiger partial charge in [-0.25, -0.2) is 9.97 Å². The summed E-state index contributed by atoms with van der Waals surface area (Å²) in [5, 5.41) is 12.4. The summed E-state index contributed by atoms with van der Waals surface area (Å²) in [4.78, 5) is 24.7. The molecule has 4 aromatic rings. The summed E-state index contributed by atoms with van der Waals surface area (Å²) in [6.45, 7) is -0.0845. The van der Waals surface area contributed by atoms with Crippen LogP contribution >= 0.6 is 11.3 Å². The van der Waals surface area contributed by atoms with Crippen molar-refractivity contribution >= 4 is 27.5 Å². The van der Waals surface area contributed by atoms with E-state index in [1.807, 2.05) is 29.0 Å². The number of pyridine rings is 1. The highest BCUT2D eigenvalue weighted by molar-refractivity contribution is 7.20. The van der Waals surface area contributed by atoms with Crippen molar-refractivity contribution in [1.29, 1.82) is 0 Å². The molecule has 3 aromatic heterocycles. The highest BCUT2D eigenvalue weighted by atomic mass is 32.1. The number of rotatable bonds is 7. The van der Waals surface area contributed by atoms with Gasteiger partial charge in [-0.05, 0) is 18.2 Å². The van der Waals surface area contributed by atoms with Crippen molar-refractivity contribution in [3.63, 3.8) is 0 Å². The van der Waals surface area contributed by atoms with Crippen molar-refractivity contribution in [3.05, 3.63) is 60.4 Å². The number of imidazole rings is 1. The number of nitrogens with two attached hydrogens (primary N) is 1. The minimum absolute atomic E-state index is 0.0845. The van der Waals surface area contributed by atoms with Crippen LogP contribution in [0.3, 0.4) is 0 Å². The summed E-state index contributed by atoms with van der Waals surface area (Å²) in [7, 11) is 1.55. The quantitative estimate of drug-likeness (QED) is 0.413. The number of aromatic nitrogens is 4. The van der Waals surface area contributed by atoms with E-state index in [1.165, 1.54) is 17.5 Å². The molecule has 0 unspecified atom stereocenters. The number of aliphatic hydroxyl groups excluding tert-OH is 1. The van der Waals surface area contributed by atoms with E-state index >= 15 is 0 Å². The van der Waals surface area contributed by atoms with Crippen LogP contribution in [0.2, 0.25) is 0 Å². The molecule has 0 radical (unpaired) electrons. The van der Waals surface area contributed by atoms with Gasteiger partial charge in [-0.15, -0.1) is 0 Å². The smallest absolute Gasteiger partial charge is 0.269 e. The number of carbonyl (C=O) groups is 1. The summed E-state index contributed by atoms with van der Waals surface area (Å²) in [6, 6.07) is 8.55. The molecule has 1 aromatic carbocycles. The lowest BCUT2D eigenvalue weighted by Crippen LogP contribution is -2.26. The van der Waals surface area contributed by atoms with Gasteiger partial charge in [-0.3, -0.25) is 14.3 Å². The van der Waals surface area contributed by atoms with E-state index in [0.29, 0.717) is 17.9 Å². The average molecular weight is 424 g/mol. The molecule has 0 aliphatic heterocycles. The molecule has 9 nitrogen and oxygen atoms in total. The van der Waals surface area contributed by atoms with Crippen molar-refractivity contribution in [2.45, 2.75) is 12.5 Å². The molecule has 4 rings (SSSR count). The van der Waals surface area contributed by atoms with E-state index in [1.54, 1.807) is 25.5 Å². The topological polar surface area (TPSA) is 128 Å². The molecule has 1 amide bonds. The van der Waals surface area contributed by atoms with Gasteiger partial charge in [0.05, 0.1) is 22.5 Å². The van der Waals surface area contributed by atoms with E-state index in [9.17, 15) is 4.79 Å². The highest BCUT2D eigenvalue weighted by Gasteiger charge is 2.11. The Hall–Kier alpha value is -3.34. The molecule has 0 saturated carbocycles. The molecule has 0 aliphatic rings. The third-order valence-corrected chi connectivity index (χ3v) is 5.37. The maximum absolute atomic E-state index is 11.7. The Morgan fingerprint density at radius 3 is 2.93 bits per heavy atom. The molecule has 0 spiro atoms. The fourth-order valence-electron chi connectivity index (χ4n) is 2.84. The molecule has 4 N–H and O–H groups in total. The lowest BCUT2D eigenvalue weighted by atomic mass is 10.2. The van der Waals surface area contributed by atoms with Crippen LogP contribution in [0.15, 0.2) is 49.1 Å². The minimum atomic E-state index is -0.333. The Bertz CT molecular complexity index is 1190. The lowest BCUT2D eigenvalue weighted by Gasteiger charge is -2.06. The fourth-order valence-corrected chi connectivity index (χ4v) is 3.78. The standard InChI is InChI=1S/C20H20N6O3S/c1-22-19(28)17-7-15(4-5-23-17)29-14-2-3-16-18(8-14)30-20(25-16)26-9-13(24-11-26)6-12(21)10-27/h2-5,7-9,11-12,27H,6,10,21H2,1H3,(H,22,28)/t12-/m0/s1. The Morgan fingerprint density at radius 2 is 2.13 bits per heavy atom. The van der Waals surface area contributed by atoms with Crippen LogP contribution in [-0.2, 0) is 6.42 Å². The number of carbonyl (C=O) groups excluding carboxylic acids is 1. The van der Waals surface area contributed by atoms with Gasteiger partial charge in [0.1, 0.15) is 23.5 Å². The minimum Gasteiger partial charge on any atom is -0.457 e. The number of thiazole rings is 1. The Morgan fingerprint density at radius 1 is 1.30 bits per heavy atom. The van der Waals surface area contributed by atoms with Gasteiger partial charge in [0.2, 0.25) is 0 Å².